The zero-order valence-electron chi connectivity index (χ0n) is 12.8. The molecule has 1 fully saturated rings. The van der Waals surface area contributed by atoms with Crippen LogP contribution in [0.25, 0.3) is 0 Å². The predicted molar refractivity (Wildman–Crippen MR) is 77.7 cm³/mol. The third-order valence-corrected chi connectivity index (χ3v) is 3.02. The van der Waals surface area contributed by atoms with Crippen molar-refractivity contribution in [2.45, 2.75) is 38.9 Å². The lowest BCUT2D eigenvalue weighted by molar-refractivity contribution is -0.386. The van der Waals surface area contributed by atoms with Crippen LogP contribution in [0.5, 0.6) is 5.88 Å². The summed E-state index contributed by atoms with van der Waals surface area (Å²) in [7, 11) is 0. The van der Waals surface area contributed by atoms with E-state index in [0.29, 0.717) is 19.5 Å². The Kier molecular flexibility index (Phi) is 4.48. The number of likely N-dealkylation sites (tertiary alicyclic amines) is 1. The number of aromatic nitrogens is 1. The van der Waals surface area contributed by atoms with E-state index >= 15 is 0 Å². The Morgan fingerprint density at radius 2 is 2.23 bits per heavy atom. The molecule has 0 radical (unpaired) electrons. The SMILES string of the molecule is CC(C)(C)OC(=O)N1CC[C@@H](Oc2ncccc2[N+](=O)[O-])C1. The average molecular weight is 309 g/mol. The van der Waals surface area contributed by atoms with E-state index in [2.05, 4.69) is 4.98 Å². The third kappa shape index (κ3) is 4.06. The lowest BCUT2D eigenvalue weighted by Gasteiger charge is -2.24. The number of hydrogen-bond donors (Lipinski definition) is 0. The first-order valence-electron chi connectivity index (χ1n) is 7.00. The highest BCUT2D eigenvalue weighted by Crippen LogP contribution is 2.26. The van der Waals surface area contributed by atoms with Crippen LogP contribution in [0.15, 0.2) is 18.3 Å². The van der Waals surface area contributed by atoms with E-state index in [1.807, 2.05) is 0 Å². The number of amides is 1. The van der Waals surface area contributed by atoms with Crippen LogP contribution in [0.2, 0.25) is 0 Å². The molecule has 1 amide bonds. The lowest BCUT2D eigenvalue weighted by Crippen LogP contribution is -2.36. The molecule has 0 aromatic carbocycles. The molecule has 0 spiro atoms. The van der Waals surface area contributed by atoms with Gasteiger partial charge in [0, 0.05) is 25.2 Å². The van der Waals surface area contributed by atoms with Crippen LogP contribution in [0.4, 0.5) is 10.5 Å². The Labute approximate surface area is 128 Å². The van der Waals surface area contributed by atoms with Gasteiger partial charge >= 0.3 is 11.8 Å². The van der Waals surface area contributed by atoms with Crippen molar-refractivity contribution in [3.63, 3.8) is 0 Å². The van der Waals surface area contributed by atoms with Gasteiger partial charge in [-0.25, -0.2) is 9.78 Å². The number of carbonyl (C=O) groups excluding carboxylic acids is 1. The zero-order valence-corrected chi connectivity index (χ0v) is 12.8. The van der Waals surface area contributed by atoms with Crippen LogP contribution in [-0.2, 0) is 4.74 Å². The molecule has 8 nitrogen and oxygen atoms in total. The first kappa shape index (κ1) is 16.0. The van der Waals surface area contributed by atoms with Gasteiger partial charge in [-0.3, -0.25) is 10.1 Å². The zero-order chi connectivity index (χ0) is 16.3. The monoisotopic (exact) mass is 309 g/mol. The fourth-order valence-electron chi connectivity index (χ4n) is 2.09. The number of rotatable bonds is 3. The summed E-state index contributed by atoms with van der Waals surface area (Å²) in [6, 6.07) is 2.82. The molecule has 8 heteroatoms. The minimum atomic E-state index is -0.560. The van der Waals surface area contributed by atoms with Crippen molar-refractivity contribution in [3.05, 3.63) is 28.4 Å². The number of hydrogen-bond acceptors (Lipinski definition) is 6. The summed E-state index contributed by atoms with van der Waals surface area (Å²) in [5, 5.41) is 10.9. The van der Waals surface area contributed by atoms with Crippen LogP contribution in [0.1, 0.15) is 27.2 Å². The fourth-order valence-corrected chi connectivity index (χ4v) is 2.09. The van der Waals surface area contributed by atoms with E-state index in [0.717, 1.165) is 0 Å². The van der Waals surface area contributed by atoms with Crippen molar-refractivity contribution in [1.82, 2.24) is 9.88 Å². The quantitative estimate of drug-likeness (QED) is 0.628. The van der Waals surface area contributed by atoms with Gasteiger partial charge in [0.05, 0.1) is 11.5 Å². The third-order valence-electron chi connectivity index (χ3n) is 3.02. The van der Waals surface area contributed by atoms with E-state index in [4.69, 9.17) is 9.47 Å². The second kappa shape index (κ2) is 6.17. The molecule has 1 aliphatic heterocycles. The highest BCUT2D eigenvalue weighted by Gasteiger charge is 2.32. The van der Waals surface area contributed by atoms with Crippen LogP contribution >= 0.6 is 0 Å². The molecule has 0 aliphatic carbocycles. The van der Waals surface area contributed by atoms with Gasteiger partial charge in [0.2, 0.25) is 0 Å². The average Bonchev–Trinajstić information content (AvgIpc) is 2.86. The molecule has 0 saturated carbocycles. The largest absolute Gasteiger partial charge is 0.468 e. The van der Waals surface area contributed by atoms with Gasteiger partial charge in [-0.2, -0.15) is 0 Å². The van der Waals surface area contributed by atoms with Gasteiger partial charge in [-0.05, 0) is 26.8 Å². The Morgan fingerprint density at radius 1 is 1.50 bits per heavy atom. The summed E-state index contributed by atoms with van der Waals surface area (Å²) >= 11 is 0. The number of pyridine rings is 1. The summed E-state index contributed by atoms with van der Waals surface area (Å²) in [5.41, 5.74) is -0.742. The molecular weight excluding hydrogens is 290 g/mol. The highest BCUT2D eigenvalue weighted by atomic mass is 16.6. The van der Waals surface area contributed by atoms with Crippen molar-refractivity contribution in [2.75, 3.05) is 13.1 Å². The van der Waals surface area contributed by atoms with E-state index < -0.39 is 16.6 Å². The maximum atomic E-state index is 12.0. The van der Waals surface area contributed by atoms with Crippen LogP contribution < -0.4 is 4.74 Å². The fraction of sp³-hybridized carbons (Fsp3) is 0.571. The van der Waals surface area contributed by atoms with Crippen molar-refractivity contribution in [1.29, 1.82) is 0 Å². The number of nitrogens with zero attached hydrogens (tertiary/aromatic N) is 3. The van der Waals surface area contributed by atoms with Gasteiger partial charge in [-0.15, -0.1) is 0 Å². The van der Waals surface area contributed by atoms with Crippen LogP contribution in [-0.4, -0.2) is 45.7 Å². The molecular formula is C14H19N3O5. The molecule has 0 N–H and O–H groups in total. The second-order valence-corrected chi connectivity index (χ2v) is 6.04. The normalized spacial score (nSPS) is 18.1. The summed E-state index contributed by atoms with van der Waals surface area (Å²) in [5.74, 6) is -0.0245. The summed E-state index contributed by atoms with van der Waals surface area (Å²) < 4.78 is 10.9. The van der Waals surface area contributed by atoms with Crippen molar-refractivity contribution in [3.8, 4) is 5.88 Å². The van der Waals surface area contributed by atoms with Gasteiger partial charge in [0.15, 0.2) is 0 Å². The highest BCUT2D eigenvalue weighted by molar-refractivity contribution is 5.68. The number of nitro groups is 1. The summed E-state index contributed by atoms with van der Waals surface area (Å²) in [6.45, 7) is 6.20. The van der Waals surface area contributed by atoms with Gasteiger partial charge in [-0.1, -0.05) is 0 Å². The standard InChI is InChI=1S/C14H19N3O5/c1-14(2,3)22-13(18)16-8-6-10(9-16)21-12-11(17(19)20)5-4-7-15-12/h4-5,7,10H,6,8-9H2,1-3H3/t10-/m1/s1. The minimum absolute atomic E-state index is 0.0245. The first-order chi connectivity index (χ1) is 10.3. The lowest BCUT2D eigenvalue weighted by atomic mass is 10.2. The summed E-state index contributed by atoms with van der Waals surface area (Å²) in [6.07, 6.45) is 1.27. The maximum absolute atomic E-state index is 12.0. The molecule has 1 aromatic rings. The molecule has 1 aliphatic rings. The van der Waals surface area contributed by atoms with Crippen LogP contribution in [0, 0.1) is 10.1 Å². The topological polar surface area (TPSA) is 94.8 Å². The van der Waals surface area contributed by atoms with Crippen molar-refractivity contribution >= 4 is 11.8 Å². The maximum Gasteiger partial charge on any atom is 0.410 e. The first-order valence-corrected chi connectivity index (χ1v) is 7.00. The summed E-state index contributed by atoms with van der Waals surface area (Å²) in [4.78, 5) is 27.8. The van der Waals surface area contributed by atoms with E-state index in [9.17, 15) is 14.9 Å². The van der Waals surface area contributed by atoms with E-state index in [1.165, 1.54) is 23.2 Å². The molecule has 1 atom stereocenters. The van der Waals surface area contributed by atoms with Crippen molar-refractivity contribution in [2.24, 2.45) is 0 Å². The van der Waals surface area contributed by atoms with Gasteiger partial charge < -0.3 is 14.4 Å². The minimum Gasteiger partial charge on any atom is -0.468 e. The Hall–Kier alpha value is -2.38. The molecule has 2 heterocycles. The molecule has 1 saturated heterocycles. The van der Waals surface area contributed by atoms with Gasteiger partial charge in [0.25, 0.3) is 5.88 Å². The molecule has 2 rings (SSSR count). The van der Waals surface area contributed by atoms with Crippen LogP contribution in [0.3, 0.4) is 0 Å². The number of carbonyl (C=O) groups is 1. The predicted octanol–water partition coefficient (Wildman–Crippen LogP) is 2.38. The van der Waals surface area contributed by atoms with E-state index in [1.54, 1.807) is 20.8 Å². The van der Waals surface area contributed by atoms with Crippen molar-refractivity contribution < 1.29 is 19.2 Å². The Bertz CT molecular complexity index is 570. The van der Waals surface area contributed by atoms with Gasteiger partial charge in [0.1, 0.15) is 11.7 Å². The molecule has 120 valence electrons. The molecule has 0 bridgehead atoms. The second-order valence-electron chi connectivity index (χ2n) is 6.04. The van der Waals surface area contributed by atoms with E-state index in [-0.39, 0.29) is 17.7 Å². The Balaban J connectivity index is 1.97. The molecule has 1 aromatic heterocycles. The Morgan fingerprint density at radius 3 is 2.86 bits per heavy atom. The molecule has 22 heavy (non-hydrogen) atoms. The number of ether oxygens (including phenoxy) is 2. The smallest absolute Gasteiger partial charge is 0.410 e. The molecule has 0 unspecified atom stereocenters.